The summed E-state index contributed by atoms with van der Waals surface area (Å²) in [7, 11) is 0. The Bertz CT molecular complexity index is 965. The summed E-state index contributed by atoms with van der Waals surface area (Å²) in [5, 5.41) is 11.1. The Hall–Kier alpha value is -2.58. The molecule has 1 saturated carbocycles. The lowest BCUT2D eigenvalue weighted by molar-refractivity contribution is 0.00791. The van der Waals surface area contributed by atoms with E-state index in [9.17, 15) is 4.39 Å². The summed E-state index contributed by atoms with van der Waals surface area (Å²) in [4.78, 5) is 11.3. The van der Waals surface area contributed by atoms with Crippen molar-refractivity contribution in [1.82, 2.24) is 25.1 Å². The van der Waals surface area contributed by atoms with Gasteiger partial charge in [-0.25, -0.2) is 14.4 Å². The van der Waals surface area contributed by atoms with Gasteiger partial charge in [0.1, 0.15) is 18.0 Å². The number of nitrogens with one attached hydrogen (secondary N) is 2. The second-order valence-corrected chi connectivity index (χ2v) is 7.86. The first kappa shape index (κ1) is 18.4. The van der Waals surface area contributed by atoms with Gasteiger partial charge in [-0.1, -0.05) is 0 Å². The van der Waals surface area contributed by atoms with Crippen LogP contribution in [0.1, 0.15) is 25.7 Å². The Labute approximate surface area is 168 Å². The molecule has 2 N–H and O–H groups in total. The molecule has 29 heavy (non-hydrogen) atoms. The third kappa shape index (κ3) is 3.82. The number of ether oxygens (including phenoxy) is 1. The Morgan fingerprint density at radius 2 is 1.93 bits per heavy atom. The van der Waals surface area contributed by atoms with Crippen LogP contribution in [0.4, 0.5) is 10.2 Å². The Morgan fingerprint density at radius 1 is 1.10 bits per heavy atom. The molecule has 152 valence electrons. The monoisotopic (exact) mass is 396 g/mol. The predicted molar refractivity (Wildman–Crippen MR) is 109 cm³/mol. The smallest absolute Gasteiger partial charge is 0.137 e. The summed E-state index contributed by atoms with van der Waals surface area (Å²) in [6, 6.07) is 4.31. The van der Waals surface area contributed by atoms with Crippen LogP contribution in [0.15, 0.2) is 30.9 Å². The lowest BCUT2D eigenvalue weighted by Gasteiger charge is -2.39. The van der Waals surface area contributed by atoms with Crippen LogP contribution in [-0.4, -0.2) is 63.5 Å². The number of morpholine rings is 1. The summed E-state index contributed by atoms with van der Waals surface area (Å²) in [5.74, 6) is 0.462. The number of fused-ring (bicyclic) bond motifs is 1. The molecule has 3 heterocycles. The second kappa shape index (κ2) is 8.04. The molecule has 1 aliphatic carbocycles. The summed E-state index contributed by atoms with van der Waals surface area (Å²) >= 11 is 0. The van der Waals surface area contributed by atoms with Gasteiger partial charge in [0.15, 0.2) is 0 Å². The number of aromatic amines is 1. The van der Waals surface area contributed by atoms with Crippen LogP contribution in [0.2, 0.25) is 0 Å². The molecule has 1 aliphatic heterocycles. The van der Waals surface area contributed by atoms with E-state index in [2.05, 4.69) is 30.4 Å². The highest BCUT2D eigenvalue weighted by Gasteiger charge is 2.27. The van der Waals surface area contributed by atoms with Crippen LogP contribution in [0.25, 0.3) is 22.0 Å². The highest BCUT2D eigenvalue weighted by atomic mass is 19.1. The molecular weight excluding hydrogens is 371 g/mol. The molecular formula is C21H25FN6O. The predicted octanol–water partition coefficient (Wildman–Crippen LogP) is 3.21. The molecule has 0 radical (unpaired) electrons. The fraction of sp³-hybridized carbons (Fsp3) is 0.476. The van der Waals surface area contributed by atoms with Crippen molar-refractivity contribution in [3.05, 3.63) is 36.7 Å². The molecule has 2 aromatic heterocycles. The van der Waals surface area contributed by atoms with Crippen LogP contribution in [-0.2, 0) is 4.74 Å². The van der Waals surface area contributed by atoms with Crippen LogP contribution < -0.4 is 5.32 Å². The quantitative estimate of drug-likeness (QED) is 0.705. The van der Waals surface area contributed by atoms with E-state index < -0.39 is 0 Å². The number of benzene rings is 1. The highest BCUT2D eigenvalue weighted by Crippen LogP contribution is 2.31. The first-order valence-electron chi connectivity index (χ1n) is 10.3. The molecule has 0 bridgehead atoms. The van der Waals surface area contributed by atoms with Crippen molar-refractivity contribution >= 4 is 16.7 Å². The van der Waals surface area contributed by atoms with Gasteiger partial charge in [0.25, 0.3) is 0 Å². The van der Waals surface area contributed by atoms with Crippen molar-refractivity contribution in [3.63, 3.8) is 0 Å². The molecule has 7 nitrogen and oxygen atoms in total. The van der Waals surface area contributed by atoms with Crippen molar-refractivity contribution in [2.45, 2.75) is 37.8 Å². The van der Waals surface area contributed by atoms with Gasteiger partial charge in [-0.2, -0.15) is 5.10 Å². The van der Waals surface area contributed by atoms with Gasteiger partial charge in [-0.15, -0.1) is 0 Å². The minimum atomic E-state index is -0.311. The molecule has 2 fully saturated rings. The van der Waals surface area contributed by atoms with Crippen molar-refractivity contribution in [3.8, 4) is 11.1 Å². The number of nitrogens with zero attached hydrogens (tertiary/aromatic N) is 4. The van der Waals surface area contributed by atoms with Gasteiger partial charge in [0.05, 0.1) is 24.9 Å². The van der Waals surface area contributed by atoms with Crippen LogP contribution in [0.3, 0.4) is 0 Å². The molecule has 3 aromatic rings. The minimum Gasteiger partial charge on any atom is -0.379 e. The SMILES string of the molecule is Fc1cc2ncnc(N[C@H]3CC[C@H](N4CCOCC4)CC3)c2cc1-c1cn[nH]c1. The van der Waals surface area contributed by atoms with Gasteiger partial charge in [-0.3, -0.25) is 10.00 Å². The maximum atomic E-state index is 14.6. The molecule has 0 unspecified atom stereocenters. The minimum absolute atomic E-state index is 0.311. The number of hydrogen-bond donors (Lipinski definition) is 2. The maximum Gasteiger partial charge on any atom is 0.137 e. The topological polar surface area (TPSA) is 79.0 Å². The lowest BCUT2D eigenvalue weighted by Crippen LogP contribution is -2.46. The Balaban J connectivity index is 1.33. The lowest BCUT2D eigenvalue weighted by atomic mass is 9.90. The van der Waals surface area contributed by atoms with Crippen molar-refractivity contribution in [2.75, 3.05) is 31.6 Å². The summed E-state index contributed by atoms with van der Waals surface area (Å²) in [6.45, 7) is 3.78. The summed E-state index contributed by atoms with van der Waals surface area (Å²) in [6.07, 6.45) is 9.36. The Morgan fingerprint density at radius 3 is 2.69 bits per heavy atom. The van der Waals surface area contributed by atoms with E-state index in [0.29, 0.717) is 28.7 Å². The van der Waals surface area contributed by atoms with E-state index in [4.69, 9.17) is 4.74 Å². The number of hydrogen-bond acceptors (Lipinski definition) is 6. The first-order valence-corrected chi connectivity index (χ1v) is 10.3. The summed E-state index contributed by atoms with van der Waals surface area (Å²) in [5.41, 5.74) is 1.82. The van der Waals surface area contributed by atoms with Gasteiger partial charge in [-0.05, 0) is 31.7 Å². The van der Waals surface area contributed by atoms with E-state index in [1.54, 1.807) is 12.4 Å². The number of rotatable bonds is 4. The van der Waals surface area contributed by atoms with Gasteiger partial charge in [0, 0.05) is 53.9 Å². The van der Waals surface area contributed by atoms with Gasteiger partial charge in [0.2, 0.25) is 0 Å². The Kier molecular flexibility index (Phi) is 5.12. The normalized spacial score (nSPS) is 23.3. The zero-order valence-electron chi connectivity index (χ0n) is 16.3. The van der Waals surface area contributed by atoms with Crippen LogP contribution in [0, 0.1) is 5.82 Å². The standard InChI is InChI=1S/C21H25FN6O/c22-19-10-20-18(9-17(19)14-11-25-26-12-14)21(24-13-23-20)27-15-1-3-16(4-2-15)28-5-7-29-8-6-28/h9-13,15-16H,1-8H2,(H,25,26)(H,23,24,27)/t15-,16-. The molecule has 0 spiro atoms. The van der Waals surface area contributed by atoms with E-state index in [-0.39, 0.29) is 5.82 Å². The second-order valence-electron chi connectivity index (χ2n) is 7.86. The number of H-pyrrole nitrogens is 1. The molecule has 1 saturated heterocycles. The third-order valence-corrected chi connectivity index (χ3v) is 6.13. The fourth-order valence-corrected chi connectivity index (χ4v) is 4.53. The van der Waals surface area contributed by atoms with Crippen LogP contribution in [0.5, 0.6) is 0 Å². The molecule has 8 heteroatoms. The first-order chi connectivity index (χ1) is 14.3. The van der Waals surface area contributed by atoms with Gasteiger partial charge >= 0.3 is 0 Å². The zero-order valence-corrected chi connectivity index (χ0v) is 16.3. The van der Waals surface area contributed by atoms with Gasteiger partial charge < -0.3 is 10.1 Å². The van der Waals surface area contributed by atoms with Crippen molar-refractivity contribution in [1.29, 1.82) is 0 Å². The van der Waals surface area contributed by atoms with E-state index >= 15 is 0 Å². The van der Waals surface area contributed by atoms with Crippen molar-refractivity contribution in [2.24, 2.45) is 0 Å². The molecule has 0 atom stereocenters. The molecule has 5 rings (SSSR count). The number of aromatic nitrogens is 4. The maximum absolute atomic E-state index is 14.6. The third-order valence-electron chi connectivity index (χ3n) is 6.13. The van der Waals surface area contributed by atoms with E-state index in [1.165, 1.54) is 25.2 Å². The number of halogens is 1. The highest BCUT2D eigenvalue weighted by molar-refractivity contribution is 5.92. The molecule has 1 aromatic carbocycles. The zero-order chi connectivity index (χ0) is 19.6. The van der Waals surface area contributed by atoms with Crippen molar-refractivity contribution < 1.29 is 9.13 Å². The molecule has 0 amide bonds. The average molecular weight is 396 g/mol. The van der Waals surface area contributed by atoms with E-state index in [0.717, 1.165) is 50.3 Å². The average Bonchev–Trinajstić information content (AvgIpc) is 3.29. The number of anilines is 1. The summed E-state index contributed by atoms with van der Waals surface area (Å²) < 4.78 is 20.0. The largest absolute Gasteiger partial charge is 0.379 e. The fourth-order valence-electron chi connectivity index (χ4n) is 4.53. The molecule has 2 aliphatic rings. The van der Waals surface area contributed by atoms with Crippen LogP contribution >= 0.6 is 0 Å². The van der Waals surface area contributed by atoms with E-state index in [1.807, 2.05) is 6.07 Å².